The number of hydrogen-bond donors (Lipinski definition) is 1. The SMILES string of the molecule is CNCC1CCN(CCCC2CCCC2)C1. The van der Waals surface area contributed by atoms with Gasteiger partial charge in [-0.05, 0) is 57.8 Å². The van der Waals surface area contributed by atoms with E-state index in [1.54, 1.807) is 0 Å². The van der Waals surface area contributed by atoms with Crippen LogP contribution >= 0.6 is 0 Å². The predicted octanol–water partition coefficient (Wildman–Crippen LogP) is 2.50. The monoisotopic (exact) mass is 224 g/mol. The summed E-state index contributed by atoms with van der Waals surface area (Å²) < 4.78 is 0. The third-order valence-electron chi connectivity index (χ3n) is 4.42. The number of hydrogen-bond acceptors (Lipinski definition) is 2. The van der Waals surface area contributed by atoms with Gasteiger partial charge >= 0.3 is 0 Å². The van der Waals surface area contributed by atoms with E-state index in [1.165, 1.54) is 71.1 Å². The summed E-state index contributed by atoms with van der Waals surface area (Å²) >= 11 is 0. The Hall–Kier alpha value is -0.0800. The topological polar surface area (TPSA) is 15.3 Å². The van der Waals surface area contributed by atoms with Gasteiger partial charge in [0.25, 0.3) is 0 Å². The molecule has 0 aromatic carbocycles. The number of likely N-dealkylation sites (tertiary alicyclic amines) is 1. The second-order valence-electron chi connectivity index (χ2n) is 5.81. The number of rotatable bonds is 6. The minimum Gasteiger partial charge on any atom is -0.319 e. The van der Waals surface area contributed by atoms with E-state index in [1.807, 2.05) is 0 Å². The first kappa shape index (κ1) is 12.4. The van der Waals surface area contributed by atoms with Crippen LogP contribution in [0.4, 0.5) is 0 Å². The van der Waals surface area contributed by atoms with E-state index in [0.29, 0.717) is 0 Å². The highest BCUT2D eigenvalue weighted by atomic mass is 15.1. The molecule has 0 spiro atoms. The van der Waals surface area contributed by atoms with E-state index in [2.05, 4.69) is 17.3 Å². The van der Waals surface area contributed by atoms with Gasteiger partial charge < -0.3 is 10.2 Å². The highest BCUT2D eigenvalue weighted by Gasteiger charge is 2.21. The Labute approximate surface area is 101 Å². The maximum Gasteiger partial charge on any atom is 0.00223 e. The Morgan fingerprint density at radius 2 is 1.94 bits per heavy atom. The molecular formula is C14H28N2. The van der Waals surface area contributed by atoms with Crippen LogP contribution in [0, 0.1) is 11.8 Å². The molecule has 94 valence electrons. The summed E-state index contributed by atoms with van der Waals surface area (Å²) in [7, 11) is 2.07. The molecule has 2 nitrogen and oxygen atoms in total. The predicted molar refractivity (Wildman–Crippen MR) is 69.7 cm³/mol. The summed E-state index contributed by atoms with van der Waals surface area (Å²) in [5, 5.41) is 3.30. The fourth-order valence-electron chi connectivity index (χ4n) is 3.47. The van der Waals surface area contributed by atoms with Gasteiger partial charge in [-0.3, -0.25) is 0 Å². The summed E-state index contributed by atoms with van der Waals surface area (Å²) in [6.45, 7) is 5.25. The van der Waals surface area contributed by atoms with E-state index in [0.717, 1.165) is 11.8 Å². The first-order valence-electron chi connectivity index (χ1n) is 7.25. The van der Waals surface area contributed by atoms with Crippen molar-refractivity contribution in [2.24, 2.45) is 11.8 Å². The van der Waals surface area contributed by atoms with Crippen LogP contribution in [0.15, 0.2) is 0 Å². The molecule has 1 unspecified atom stereocenters. The quantitative estimate of drug-likeness (QED) is 0.746. The third-order valence-corrected chi connectivity index (χ3v) is 4.42. The molecule has 2 heteroatoms. The van der Waals surface area contributed by atoms with Crippen molar-refractivity contribution >= 4 is 0 Å². The van der Waals surface area contributed by atoms with Crippen molar-refractivity contribution in [3.8, 4) is 0 Å². The molecule has 0 aromatic rings. The van der Waals surface area contributed by atoms with Crippen molar-refractivity contribution in [1.29, 1.82) is 0 Å². The average molecular weight is 224 g/mol. The minimum absolute atomic E-state index is 0.913. The van der Waals surface area contributed by atoms with Crippen molar-refractivity contribution in [1.82, 2.24) is 10.2 Å². The highest BCUT2D eigenvalue weighted by molar-refractivity contribution is 4.77. The van der Waals surface area contributed by atoms with E-state index in [-0.39, 0.29) is 0 Å². The Kier molecular flexibility index (Phi) is 5.11. The maximum atomic E-state index is 3.30. The fourth-order valence-corrected chi connectivity index (χ4v) is 3.47. The molecule has 2 fully saturated rings. The molecule has 1 atom stereocenters. The summed E-state index contributed by atoms with van der Waals surface area (Å²) in [5.41, 5.74) is 0. The van der Waals surface area contributed by atoms with Crippen LogP contribution in [-0.4, -0.2) is 38.1 Å². The fraction of sp³-hybridized carbons (Fsp3) is 1.00. The molecule has 1 aliphatic carbocycles. The smallest absolute Gasteiger partial charge is 0.00223 e. The lowest BCUT2D eigenvalue weighted by atomic mass is 10.0. The zero-order chi connectivity index (χ0) is 11.2. The Bertz CT molecular complexity index is 187. The van der Waals surface area contributed by atoms with Crippen LogP contribution in [0.3, 0.4) is 0 Å². The van der Waals surface area contributed by atoms with Crippen molar-refractivity contribution < 1.29 is 0 Å². The largest absolute Gasteiger partial charge is 0.319 e. The van der Waals surface area contributed by atoms with Crippen LogP contribution in [0.1, 0.15) is 44.9 Å². The van der Waals surface area contributed by atoms with E-state index >= 15 is 0 Å². The van der Waals surface area contributed by atoms with Crippen LogP contribution in [0.25, 0.3) is 0 Å². The third kappa shape index (κ3) is 3.74. The van der Waals surface area contributed by atoms with Crippen LogP contribution in [0.5, 0.6) is 0 Å². The second-order valence-corrected chi connectivity index (χ2v) is 5.81. The van der Waals surface area contributed by atoms with E-state index < -0.39 is 0 Å². The van der Waals surface area contributed by atoms with Gasteiger partial charge in [-0.15, -0.1) is 0 Å². The van der Waals surface area contributed by atoms with Crippen LogP contribution in [0.2, 0.25) is 0 Å². The lowest BCUT2D eigenvalue weighted by molar-refractivity contribution is 0.303. The van der Waals surface area contributed by atoms with Gasteiger partial charge in [-0.25, -0.2) is 0 Å². The molecule has 1 heterocycles. The average Bonchev–Trinajstić information content (AvgIpc) is 2.90. The minimum atomic E-state index is 0.913. The Morgan fingerprint density at radius 1 is 1.12 bits per heavy atom. The van der Waals surface area contributed by atoms with Gasteiger partial charge in [0.15, 0.2) is 0 Å². The van der Waals surface area contributed by atoms with Gasteiger partial charge in [0.2, 0.25) is 0 Å². The summed E-state index contributed by atoms with van der Waals surface area (Å²) in [6.07, 6.45) is 10.4. The molecule has 1 saturated carbocycles. The highest BCUT2D eigenvalue weighted by Crippen LogP contribution is 2.28. The molecule has 1 N–H and O–H groups in total. The van der Waals surface area contributed by atoms with Gasteiger partial charge in [0, 0.05) is 6.54 Å². The van der Waals surface area contributed by atoms with Gasteiger partial charge in [0.1, 0.15) is 0 Å². The molecule has 16 heavy (non-hydrogen) atoms. The maximum absolute atomic E-state index is 3.30. The molecule has 0 bridgehead atoms. The molecular weight excluding hydrogens is 196 g/mol. The zero-order valence-corrected chi connectivity index (χ0v) is 10.9. The van der Waals surface area contributed by atoms with Crippen molar-refractivity contribution in [2.45, 2.75) is 44.9 Å². The van der Waals surface area contributed by atoms with Gasteiger partial charge in [0.05, 0.1) is 0 Å². The lowest BCUT2D eigenvalue weighted by Gasteiger charge is -2.17. The first-order valence-corrected chi connectivity index (χ1v) is 7.25. The summed E-state index contributed by atoms with van der Waals surface area (Å²) in [6, 6.07) is 0. The van der Waals surface area contributed by atoms with E-state index in [4.69, 9.17) is 0 Å². The summed E-state index contributed by atoms with van der Waals surface area (Å²) in [4.78, 5) is 2.68. The van der Waals surface area contributed by atoms with Crippen molar-refractivity contribution in [3.63, 3.8) is 0 Å². The standard InChI is InChI=1S/C14H28N2/c1-15-11-14-8-10-16(12-14)9-4-7-13-5-2-3-6-13/h13-15H,2-12H2,1H3. The van der Waals surface area contributed by atoms with E-state index in [9.17, 15) is 0 Å². The second kappa shape index (κ2) is 6.61. The zero-order valence-electron chi connectivity index (χ0n) is 10.9. The summed E-state index contributed by atoms with van der Waals surface area (Å²) in [5.74, 6) is 1.99. The van der Waals surface area contributed by atoms with Crippen molar-refractivity contribution in [2.75, 3.05) is 33.2 Å². The molecule has 0 radical (unpaired) electrons. The first-order chi connectivity index (χ1) is 7.88. The van der Waals surface area contributed by atoms with Crippen LogP contribution in [-0.2, 0) is 0 Å². The Morgan fingerprint density at radius 3 is 2.69 bits per heavy atom. The Balaban J connectivity index is 1.53. The molecule has 2 rings (SSSR count). The molecule has 1 saturated heterocycles. The van der Waals surface area contributed by atoms with Gasteiger partial charge in [-0.2, -0.15) is 0 Å². The lowest BCUT2D eigenvalue weighted by Crippen LogP contribution is -2.25. The molecule has 2 aliphatic rings. The molecule has 0 aromatic heterocycles. The van der Waals surface area contributed by atoms with Crippen molar-refractivity contribution in [3.05, 3.63) is 0 Å². The number of nitrogens with one attached hydrogen (secondary N) is 1. The normalized spacial score (nSPS) is 27.9. The molecule has 0 amide bonds. The van der Waals surface area contributed by atoms with Crippen LogP contribution < -0.4 is 5.32 Å². The van der Waals surface area contributed by atoms with Gasteiger partial charge in [-0.1, -0.05) is 25.7 Å². The molecule has 1 aliphatic heterocycles. The number of nitrogens with zero attached hydrogens (tertiary/aromatic N) is 1.